The number of hydrogen-bond donors (Lipinski definition) is 2. The van der Waals surface area contributed by atoms with Gasteiger partial charge < -0.3 is 11.5 Å². The van der Waals surface area contributed by atoms with E-state index in [0.717, 1.165) is 6.07 Å². The van der Waals surface area contributed by atoms with E-state index in [0.29, 0.717) is 18.5 Å². The van der Waals surface area contributed by atoms with Gasteiger partial charge in [-0.2, -0.15) is 13.2 Å². The number of halogens is 3. The van der Waals surface area contributed by atoms with E-state index in [1.165, 1.54) is 6.07 Å². The lowest BCUT2D eigenvalue weighted by Gasteiger charge is -2.11. The van der Waals surface area contributed by atoms with Crippen LogP contribution in [0.1, 0.15) is 11.1 Å². The van der Waals surface area contributed by atoms with E-state index in [9.17, 15) is 13.2 Å². The normalized spacial score (nSPS) is 11.7. The van der Waals surface area contributed by atoms with Crippen molar-refractivity contribution in [3.63, 3.8) is 0 Å². The highest BCUT2D eigenvalue weighted by Crippen LogP contribution is 2.33. The van der Waals surface area contributed by atoms with Crippen LogP contribution in [0.5, 0.6) is 0 Å². The number of alkyl halides is 3. The summed E-state index contributed by atoms with van der Waals surface area (Å²) in [7, 11) is 0. The minimum Gasteiger partial charge on any atom is -0.398 e. The zero-order valence-electron chi connectivity index (χ0n) is 7.43. The maximum atomic E-state index is 12.4. The Morgan fingerprint density at radius 3 is 2.36 bits per heavy atom. The molecular formula is C9H11F3N2. The van der Waals surface area contributed by atoms with Gasteiger partial charge in [0.2, 0.25) is 0 Å². The Labute approximate surface area is 79.7 Å². The Balaban J connectivity index is 3.09. The molecule has 0 amide bonds. The molecule has 0 radical (unpaired) electrons. The molecule has 0 aliphatic heterocycles. The van der Waals surface area contributed by atoms with Gasteiger partial charge in [-0.05, 0) is 30.7 Å². The van der Waals surface area contributed by atoms with Gasteiger partial charge in [-0.25, -0.2) is 0 Å². The Bertz CT molecular complexity index is 320. The molecule has 0 unspecified atom stereocenters. The summed E-state index contributed by atoms with van der Waals surface area (Å²) < 4.78 is 37.1. The molecule has 2 nitrogen and oxygen atoms in total. The first-order valence-electron chi connectivity index (χ1n) is 4.11. The fourth-order valence-corrected chi connectivity index (χ4v) is 1.17. The van der Waals surface area contributed by atoms with Crippen LogP contribution in [0, 0.1) is 0 Å². The summed E-state index contributed by atoms with van der Waals surface area (Å²) in [5, 5.41) is 0. The van der Waals surface area contributed by atoms with Crippen molar-refractivity contribution in [1.82, 2.24) is 0 Å². The molecule has 1 aromatic rings. The van der Waals surface area contributed by atoms with Gasteiger partial charge in [-0.15, -0.1) is 0 Å². The zero-order valence-corrected chi connectivity index (χ0v) is 7.43. The molecule has 1 aromatic carbocycles. The predicted molar refractivity (Wildman–Crippen MR) is 48.6 cm³/mol. The minimum atomic E-state index is -4.39. The summed E-state index contributed by atoms with van der Waals surface area (Å²) in [6, 6.07) is 3.85. The molecule has 0 heterocycles. The Hall–Kier alpha value is -1.23. The molecule has 0 aromatic heterocycles. The lowest BCUT2D eigenvalue weighted by Crippen LogP contribution is -2.10. The summed E-state index contributed by atoms with van der Waals surface area (Å²) in [6.07, 6.45) is -3.97. The van der Waals surface area contributed by atoms with Gasteiger partial charge in [-0.1, -0.05) is 6.07 Å². The highest BCUT2D eigenvalue weighted by Gasteiger charge is 2.32. The average molecular weight is 204 g/mol. The number of rotatable bonds is 2. The number of hydrogen-bond acceptors (Lipinski definition) is 2. The van der Waals surface area contributed by atoms with Gasteiger partial charge >= 0.3 is 6.18 Å². The van der Waals surface area contributed by atoms with Crippen molar-refractivity contribution in [3.8, 4) is 0 Å². The van der Waals surface area contributed by atoms with Crippen molar-refractivity contribution in [1.29, 1.82) is 0 Å². The third-order valence-electron chi connectivity index (χ3n) is 1.86. The fraction of sp³-hybridized carbons (Fsp3) is 0.333. The fourth-order valence-electron chi connectivity index (χ4n) is 1.17. The smallest absolute Gasteiger partial charge is 0.398 e. The Morgan fingerprint density at radius 2 is 1.86 bits per heavy atom. The molecule has 0 saturated heterocycles. The van der Waals surface area contributed by atoms with Gasteiger partial charge in [0.05, 0.1) is 5.56 Å². The van der Waals surface area contributed by atoms with Crippen molar-refractivity contribution in [2.45, 2.75) is 12.6 Å². The second-order valence-electron chi connectivity index (χ2n) is 2.96. The lowest BCUT2D eigenvalue weighted by molar-refractivity contribution is -0.136. The molecule has 0 spiro atoms. The first kappa shape index (κ1) is 10.8. The van der Waals surface area contributed by atoms with Crippen LogP contribution < -0.4 is 11.5 Å². The first-order chi connectivity index (χ1) is 6.45. The van der Waals surface area contributed by atoms with Crippen LogP contribution in [0.3, 0.4) is 0 Å². The quantitative estimate of drug-likeness (QED) is 0.721. The van der Waals surface area contributed by atoms with Gasteiger partial charge in [0.1, 0.15) is 0 Å². The van der Waals surface area contributed by atoms with E-state index in [1.807, 2.05) is 0 Å². The standard InChI is InChI=1S/C9H11F3N2/c10-9(11,12)7-5-6(3-4-13)1-2-8(7)14/h1-2,5H,3-4,13-14H2. The van der Waals surface area contributed by atoms with Gasteiger partial charge in [0.15, 0.2) is 0 Å². The maximum Gasteiger partial charge on any atom is 0.418 e. The SMILES string of the molecule is NCCc1ccc(N)c(C(F)(F)F)c1. The minimum absolute atomic E-state index is 0.252. The van der Waals surface area contributed by atoms with E-state index in [1.54, 1.807) is 6.07 Å². The lowest BCUT2D eigenvalue weighted by atomic mass is 10.1. The number of nitrogen functional groups attached to an aromatic ring is 1. The summed E-state index contributed by atoms with van der Waals surface area (Å²) in [4.78, 5) is 0. The maximum absolute atomic E-state index is 12.4. The molecule has 0 fully saturated rings. The second-order valence-corrected chi connectivity index (χ2v) is 2.96. The molecule has 14 heavy (non-hydrogen) atoms. The van der Waals surface area contributed by atoms with Crippen LogP contribution in [0.15, 0.2) is 18.2 Å². The third kappa shape index (κ3) is 2.38. The summed E-state index contributed by atoms with van der Waals surface area (Å²) in [6.45, 7) is 0.321. The highest BCUT2D eigenvalue weighted by molar-refractivity contribution is 5.50. The molecule has 78 valence electrons. The highest BCUT2D eigenvalue weighted by atomic mass is 19.4. The van der Waals surface area contributed by atoms with Crippen molar-refractivity contribution in [2.24, 2.45) is 5.73 Å². The van der Waals surface area contributed by atoms with E-state index in [-0.39, 0.29) is 5.69 Å². The molecule has 0 bridgehead atoms. The van der Waals surface area contributed by atoms with Crippen molar-refractivity contribution in [2.75, 3.05) is 12.3 Å². The number of benzene rings is 1. The van der Waals surface area contributed by atoms with Crippen LogP contribution in [0.25, 0.3) is 0 Å². The summed E-state index contributed by atoms with van der Waals surface area (Å²) >= 11 is 0. The van der Waals surface area contributed by atoms with Gasteiger partial charge in [0, 0.05) is 5.69 Å². The molecule has 0 atom stereocenters. The van der Waals surface area contributed by atoms with Crippen LogP contribution >= 0.6 is 0 Å². The number of nitrogens with two attached hydrogens (primary N) is 2. The zero-order chi connectivity index (χ0) is 10.8. The van der Waals surface area contributed by atoms with Gasteiger partial charge in [0.25, 0.3) is 0 Å². The van der Waals surface area contributed by atoms with E-state index >= 15 is 0 Å². The molecule has 1 rings (SSSR count). The van der Waals surface area contributed by atoms with E-state index in [2.05, 4.69) is 0 Å². The van der Waals surface area contributed by atoms with Gasteiger partial charge in [-0.3, -0.25) is 0 Å². The van der Waals surface area contributed by atoms with Crippen LogP contribution in [-0.4, -0.2) is 6.54 Å². The van der Waals surface area contributed by atoms with Crippen molar-refractivity contribution in [3.05, 3.63) is 29.3 Å². The third-order valence-corrected chi connectivity index (χ3v) is 1.86. The topological polar surface area (TPSA) is 52.0 Å². The largest absolute Gasteiger partial charge is 0.418 e. The monoisotopic (exact) mass is 204 g/mol. The molecule has 4 N–H and O–H groups in total. The molecular weight excluding hydrogens is 193 g/mol. The van der Waals surface area contributed by atoms with Crippen molar-refractivity contribution >= 4 is 5.69 Å². The van der Waals surface area contributed by atoms with Crippen LogP contribution in [-0.2, 0) is 12.6 Å². The van der Waals surface area contributed by atoms with Crippen molar-refractivity contribution < 1.29 is 13.2 Å². The predicted octanol–water partition coefficient (Wildman–Crippen LogP) is 1.79. The molecule has 0 saturated carbocycles. The summed E-state index contributed by atoms with van der Waals surface area (Å²) in [5.74, 6) is 0. The molecule has 0 aliphatic rings. The first-order valence-corrected chi connectivity index (χ1v) is 4.11. The number of anilines is 1. The second kappa shape index (κ2) is 3.88. The molecule has 0 aliphatic carbocycles. The Morgan fingerprint density at radius 1 is 1.21 bits per heavy atom. The van der Waals surface area contributed by atoms with E-state index < -0.39 is 11.7 Å². The Kier molecular flexibility index (Phi) is 3.00. The van der Waals surface area contributed by atoms with Crippen LogP contribution in [0.2, 0.25) is 0 Å². The molecule has 5 heteroatoms. The summed E-state index contributed by atoms with van der Waals surface area (Å²) in [5.41, 5.74) is 9.98. The average Bonchev–Trinajstić information content (AvgIpc) is 2.07. The van der Waals surface area contributed by atoms with Crippen LogP contribution in [0.4, 0.5) is 18.9 Å². The van der Waals surface area contributed by atoms with E-state index in [4.69, 9.17) is 11.5 Å².